The van der Waals surface area contributed by atoms with Crippen molar-refractivity contribution in [2.24, 2.45) is 0 Å². The molecule has 1 N–H and O–H groups in total. The maximum Gasteiger partial charge on any atom is 0.303 e. The maximum absolute atomic E-state index is 11.7. The van der Waals surface area contributed by atoms with Gasteiger partial charge in [-0.1, -0.05) is 30.4 Å². The topological polar surface area (TPSA) is 108 Å². The summed E-state index contributed by atoms with van der Waals surface area (Å²) < 4.78 is 21.5. The van der Waals surface area contributed by atoms with Gasteiger partial charge < -0.3 is 24.1 Å². The Kier molecular flexibility index (Phi) is 6.50. The predicted octanol–water partition coefficient (Wildman–Crippen LogP) is 1.14. The number of aliphatic hydroxyl groups is 1. The lowest BCUT2D eigenvalue weighted by Crippen LogP contribution is -2.67. The number of thiocarbonyl (C=S) groups is 1. The quantitative estimate of drug-likeness (QED) is 0.424. The smallest absolute Gasteiger partial charge is 0.303 e. The number of carbonyl (C=O) groups excluding carboxylic acids is 3. The Bertz CT molecular complexity index is 712. The number of ether oxygens (including phenoxy) is 4. The Hall–Kier alpha value is -2.10. The first-order chi connectivity index (χ1) is 12.6. The molecule has 1 saturated heterocycles. The van der Waals surface area contributed by atoms with Gasteiger partial charge in [-0.2, -0.15) is 0 Å². The summed E-state index contributed by atoms with van der Waals surface area (Å²) in [5, 5.41) is 11.4. The molecule has 1 fully saturated rings. The molecule has 2 rings (SSSR count). The van der Waals surface area contributed by atoms with Crippen molar-refractivity contribution in [3.8, 4) is 0 Å². The molecule has 0 aromatic carbocycles. The summed E-state index contributed by atoms with van der Waals surface area (Å²) in [5.74, 6) is -4.27. The lowest BCUT2D eigenvalue weighted by atomic mass is 9.84. The van der Waals surface area contributed by atoms with Crippen LogP contribution >= 0.6 is 12.2 Å². The van der Waals surface area contributed by atoms with Gasteiger partial charge in [-0.3, -0.25) is 14.4 Å². The van der Waals surface area contributed by atoms with Crippen LogP contribution in [0.4, 0.5) is 0 Å². The van der Waals surface area contributed by atoms with Crippen LogP contribution in [0.15, 0.2) is 23.8 Å². The zero-order valence-electron chi connectivity index (χ0n) is 15.5. The second-order valence-corrected chi connectivity index (χ2v) is 6.83. The first-order valence-electron chi connectivity index (χ1n) is 8.38. The molecule has 0 radical (unpaired) electrons. The maximum atomic E-state index is 11.7. The standard InChI is InChI=1S/C18H22O8S/c1-9-15(23-10(2)19)16(24-11(3)20)17(25-12(4)21)18(22,26-9)13-7-5-6-8-14(13)27/h5-7,9,15-17,22H,8H2,1-4H3/t9-,15+,16+,17-,18-/m0/s1. The molecule has 0 saturated carbocycles. The van der Waals surface area contributed by atoms with E-state index in [1.807, 2.05) is 0 Å². The number of hydrogen-bond donors (Lipinski definition) is 1. The first kappa shape index (κ1) is 21.2. The summed E-state index contributed by atoms with van der Waals surface area (Å²) in [6.45, 7) is 5.02. The SMILES string of the molecule is CC(=O)O[C@@H]1[C@H](OC(C)=O)[C@H](C)O[C@@](O)(C2=CC=CCC2=S)[C@H]1OC(C)=O. The van der Waals surface area contributed by atoms with E-state index in [1.165, 1.54) is 6.92 Å². The predicted molar refractivity (Wildman–Crippen MR) is 96.6 cm³/mol. The minimum atomic E-state index is -2.18. The summed E-state index contributed by atoms with van der Waals surface area (Å²) >= 11 is 5.32. The molecule has 0 aromatic rings. The fraction of sp³-hybridized carbons (Fsp3) is 0.556. The third kappa shape index (κ3) is 4.60. The van der Waals surface area contributed by atoms with Gasteiger partial charge >= 0.3 is 17.9 Å². The summed E-state index contributed by atoms with van der Waals surface area (Å²) in [6, 6.07) is 0. The molecule has 148 valence electrons. The van der Waals surface area contributed by atoms with Gasteiger partial charge in [-0.25, -0.2) is 0 Å². The number of carbonyl (C=O) groups is 3. The lowest BCUT2D eigenvalue weighted by Gasteiger charge is -2.49. The van der Waals surface area contributed by atoms with Crippen LogP contribution in [0.5, 0.6) is 0 Å². The normalized spacial score (nSPS) is 33.1. The Morgan fingerprint density at radius 3 is 2.19 bits per heavy atom. The average molecular weight is 398 g/mol. The minimum Gasteiger partial charge on any atom is -0.456 e. The van der Waals surface area contributed by atoms with Crippen molar-refractivity contribution in [2.75, 3.05) is 0 Å². The fourth-order valence-electron chi connectivity index (χ4n) is 3.16. The van der Waals surface area contributed by atoms with Gasteiger partial charge in [0.15, 0.2) is 12.2 Å². The molecule has 0 aromatic heterocycles. The van der Waals surface area contributed by atoms with Gasteiger partial charge in [0.05, 0.1) is 6.10 Å². The van der Waals surface area contributed by atoms with E-state index in [0.29, 0.717) is 11.3 Å². The molecule has 9 heteroatoms. The summed E-state index contributed by atoms with van der Waals surface area (Å²) in [6.07, 6.45) is 0.655. The Morgan fingerprint density at radius 2 is 1.67 bits per heavy atom. The average Bonchev–Trinajstić information content (AvgIpc) is 2.54. The highest BCUT2D eigenvalue weighted by Gasteiger charge is 2.60. The zero-order valence-corrected chi connectivity index (χ0v) is 16.3. The number of esters is 3. The molecule has 8 nitrogen and oxygen atoms in total. The minimum absolute atomic E-state index is 0.219. The van der Waals surface area contributed by atoms with Gasteiger partial charge in [0, 0.05) is 37.6 Å². The van der Waals surface area contributed by atoms with Gasteiger partial charge in [0.2, 0.25) is 11.9 Å². The van der Waals surface area contributed by atoms with E-state index in [4.69, 9.17) is 31.2 Å². The van der Waals surface area contributed by atoms with E-state index < -0.39 is 48.1 Å². The van der Waals surface area contributed by atoms with Crippen molar-refractivity contribution in [2.45, 2.75) is 64.3 Å². The van der Waals surface area contributed by atoms with Crippen LogP contribution in [-0.2, 0) is 33.3 Å². The van der Waals surface area contributed by atoms with Crippen LogP contribution in [0.2, 0.25) is 0 Å². The molecular weight excluding hydrogens is 376 g/mol. The Labute approximate surface area is 162 Å². The highest BCUT2D eigenvalue weighted by Crippen LogP contribution is 2.40. The Morgan fingerprint density at radius 1 is 1.11 bits per heavy atom. The molecular formula is C18H22O8S. The van der Waals surface area contributed by atoms with E-state index in [2.05, 4.69) is 0 Å². The van der Waals surface area contributed by atoms with Gasteiger partial charge in [0.1, 0.15) is 0 Å². The second-order valence-electron chi connectivity index (χ2n) is 6.33. The van der Waals surface area contributed by atoms with Crippen LogP contribution < -0.4 is 0 Å². The summed E-state index contributed by atoms with van der Waals surface area (Å²) in [5.41, 5.74) is 0.219. The highest BCUT2D eigenvalue weighted by atomic mass is 32.1. The molecule has 1 heterocycles. The number of allylic oxidation sites excluding steroid dienone is 3. The Balaban J connectivity index is 2.56. The van der Waals surface area contributed by atoms with E-state index in [0.717, 1.165) is 13.8 Å². The van der Waals surface area contributed by atoms with Crippen LogP contribution in [0, 0.1) is 0 Å². The van der Waals surface area contributed by atoms with Crippen LogP contribution in [0.25, 0.3) is 0 Å². The molecule has 2 aliphatic rings. The van der Waals surface area contributed by atoms with Crippen molar-refractivity contribution >= 4 is 35.0 Å². The molecule has 5 atom stereocenters. The van der Waals surface area contributed by atoms with Crippen molar-refractivity contribution in [3.63, 3.8) is 0 Å². The van der Waals surface area contributed by atoms with Crippen LogP contribution in [0.1, 0.15) is 34.1 Å². The van der Waals surface area contributed by atoms with Gasteiger partial charge in [-0.05, 0) is 6.92 Å². The first-order valence-corrected chi connectivity index (χ1v) is 8.79. The van der Waals surface area contributed by atoms with Gasteiger partial charge in [-0.15, -0.1) is 0 Å². The molecule has 0 bridgehead atoms. The molecule has 0 amide bonds. The summed E-state index contributed by atoms with van der Waals surface area (Å²) in [7, 11) is 0. The fourth-order valence-corrected chi connectivity index (χ4v) is 3.47. The van der Waals surface area contributed by atoms with Gasteiger partial charge in [0.25, 0.3) is 0 Å². The third-order valence-electron chi connectivity index (χ3n) is 4.12. The van der Waals surface area contributed by atoms with E-state index in [9.17, 15) is 19.5 Å². The van der Waals surface area contributed by atoms with Crippen molar-refractivity contribution in [1.29, 1.82) is 0 Å². The monoisotopic (exact) mass is 398 g/mol. The lowest BCUT2D eigenvalue weighted by molar-refractivity contribution is -0.327. The molecule has 27 heavy (non-hydrogen) atoms. The molecule has 0 unspecified atom stereocenters. The highest BCUT2D eigenvalue weighted by molar-refractivity contribution is 7.80. The largest absolute Gasteiger partial charge is 0.456 e. The molecule has 1 aliphatic heterocycles. The molecule has 0 spiro atoms. The second kappa shape index (κ2) is 8.28. The van der Waals surface area contributed by atoms with Crippen molar-refractivity contribution in [3.05, 3.63) is 23.8 Å². The van der Waals surface area contributed by atoms with Crippen LogP contribution in [0.3, 0.4) is 0 Å². The number of hydrogen-bond acceptors (Lipinski definition) is 9. The van der Waals surface area contributed by atoms with Crippen LogP contribution in [-0.4, -0.2) is 58.1 Å². The summed E-state index contributed by atoms with van der Waals surface area (Å²) in [4.78, 5) is 35.2. The van der Waals surface area contributed by atoms with E-state index in [-0.39, 0.29) is 5.57 Å². The number of rotatable bonds is 4. The zero-order chi connectivity index (χ0) is 20.4. The van der Waals surface area contributed by atoms with E-state index in [1.54, 1.807) is 25.2 Å². The van der Waals surface area contributed by atoms with E-state index >= 15 is 0 Å². The van der Waals surface area contributed by atoms with Crippen molar-refractivity contribution in [1.82, 2.24) is 0 Å². The van der Waals surface area contributed by atoms with Crippen molar-refractivity contribution < 1.29 is 38.4 Å². The molecule has 1 aliphatic carbocycles. The third-order valence-corrected chi connectivity index (χ3v) is 4.51.